The molecule has 1 spiro atoms. The minimum Gasteiger partial charge on any atom is -0.286 e. The summed E-state index contributed by atoms with van der Waals surface area (Å²) in [6.45, 7) is 6.48. The summed E-state index contributed by atoms with van der Waals surface area (Å²) in [5, 5.41) is 0. The Bertz CT molecular complexity index is 212. The second-order valence-electron chi connectivity index (χ2n) is 5.08. The summed E-state index contributed by atoms with van der Waals surface area (Å²) in [7, 11) is 0. The van der Waals surface area contributed by atoms with Crippen molar-refractivity contribution in [2.24, 2.45) is 0 Å². The lowest BCUT2D eigenvalue weighted by atomic mass is 9.82. The fraction of sp³-hybridized carbons (Fsp3) is 1.00. The van der Waals surface area contributed by atoms with Crippen LogP contribution < -0.4 is 0 Å². The van der Waals surface area contributed by atoms with E-state index in [-0.39, 0.29) is 0 Å². The molecule has 0 saturated carbocycles. The summed E-state index contributed by atoms with van der Waals surface area (Å²) >= 11 is 0. The van der Waals surface area contributed by atoms with E-state index in [1.807, 2.05) is 0 Å². The first-order valence-electron chi connectivity index (χ1n) is 5.83. The molecule has 13 heavy (non-hydrogen) atoms. The van der Waals surface area contributed by atoms with Crippen LogP contribution in [-0.2, 0) is 0 Å². The predicted octanol–water partition coefficient (Wildman–Crippen LogP) is 1.67. The van der Waals surface area contributed by atoms with Crippen LogP contribution in [0.3, 0.4) is 0 Å². The molecule has 2 bridgehead atoms. The van der Waals surface area contributed by atoms with Crippen LogP contribution >= 0.6 is 0 Å². The molecule has 3 fully saturated rings. The molecule has 0 amide bonds. The molecule has 74 valence electrons. The first kappa shape index (κ1) is 8.25. The van der Waals surface area contributed by atoms with E-state index in [1.165, 1.54) is 51.7 Å². The van der Waals surface area contributed by atoms with E-state index in [0.29, 0.717) is 5.54 Å². The molecule has 3 saturated heterocycles. The van der Waals surface area contributed by atoms with Gasteiger partial charge in [-0.1, -0.05) is 6.42 Å². The molecule has 3 aliphatic heterocycles. The predicted molar refractivity (Wildman–Crippen MR) is 53.6 cm³/mol. The van der Waals surface area contributed by atoms with Crippen molar-refractivity contribution in [1.29, 1.82) is 0 Å². The van der Waals surface area contributed by atoms with Crippen LogP contribution in [0.4, 0.5) is 0 Å². The Balaban J connectivity index is 1.93. The molecule has 3 unspecified atom stereocenters. The molecule has 3 atom stereocenters. The van der Waals surface area contributed by atoms with Crippen molar-refractivity contribution in [2.75, 3.05) is 19.6 Å². The highest BCUT2D eigenvalue weighted by Crippen LogP contribution is 2.43. The summed E-state index contributed by atoms with van der Waals surface area (Å²) in [6, 6.07) is 0. The topological polar surface area (TPSA) is 6.48 Å². The highest BCUT2D eigenvalue weighted by atomic mass is 15.5. The summed E-state index contributed by atoms with van der Waals surface area (Å²) in [6.07, 6.45) is 8.00. The zero-order chi connectivity index (χ0) is 8.89. The minimum absolute atomic E-state index is 0.621. The van der Waals surface area contributed by atoms with Crippen molar-refractivity contribution in [3.8, 4) is 0 Å². The second kappa shape index (κ2) is 2.71. The number of hydrogen-bond acceptors (Lipinski definition) is 2. The van der Waals surface area contributed by atoms with Gasteiger partial charge in [-0.25, -0.2) is 0 Å². The van der Waals surface area contributed by atoms with Crippen molar-refractivity contribution in [2.45, 2.75) is 50.7 Å². The number of fused-ring (bicyclic) bond motifs is 1. The van der Waals surface area contributed by atoms with Gasteiger partial charge in [-0.05, 0) is 39.2 Å². The van der Waals surface area contributed by atoms with Crippen LogP contribution in [0.2, 0.25) is 0 Å². The molecule has 0 N–H and O–H groups in total. The fourth-order valence-electron chi connectivity index (χ4n) is 3.80. The van der Waals surface area contributed by atoms with Gasteiger partial charge in [0, 0.05) is 18.6 Å². The van der Waals surface area contributed by atoms with Crippen molar-refractivity contribution >= 4 is 0 Å². The Morgan fingerprint density at radius 1 is 1.08 bits per heavy atom. The lowest BCUT2D eigenvalue weighted by Crippen LogP contribution is -2.51. The van der Waals surface area contributed by atoms with Crippen molar-refractivity contribution in [3.63, 3.8) is 0 Å². The highest BCUT2D eigenvalue weighted by Gasteiger charge is 2.51. The molecular weight excluding hydrogens is 160 g/mol. The Morgan fingerprint density at radius 2 is 1.92 bits per heavy atom. The molecule has 2 nitrogen and oxygen atoms in total. The van der Waals surface area contributed by atoms with Crippen LogP contribution in [0, 0.1) is 0 Å². The van der Waals surface area contributed by atoms with Gasteiger partial charge in [0.2, 0.25) is 0 Å². The quantitative estimate of drug-likeness (QED) is 0.559. The van der Waals surface area contributed by atoms with E-state index >= 15 is 0 Å². The van der Waals surface area contributed by atoms with E-state index in [0.717, 1.165) is 6.17 Å². The molecule has 0 aliphatic carbocycles. The molecule has 0 aromatic carbocycles. The van der Waals surface area contributed by atoms with Gasteiger partial charge in [-0.15, -0.1) is 0 Å². The van der Waals surface area contributed by atoms with Crippen LogP contribution in [0.1, 0.15) is 39.0 Å². The smallest absolute Gasteiger partial charge is 0.0599 e. The van der Waals surface area contributed by atoms with Crippen LogP contribution in [0.25, 0.3) is 0 Å². The first-order valence-corrected chi connectivity index (χ1v) is 5.83. The second-order valence-corrected chi connectivity index (χ2v) is 5.08. The zero-order valence-electron chi connectivity index (χ0n) is 8.63. The van der Waals surface area contributed by atoms with Gasteiger partial charge in [0.15, 0.2) is 0 Å². The average Bonchev–Trinajstić information content (AvgIpc) is 2.36. The van der Waals surface area contributed by atoms with Gasteiger partial charge in [0.1, 0.15) is 0 Å². The van der Waals surface area contributed by atoms with Crippen LogP contribution in [-0.4, -0.2) is 41.1 Å². The van der Waals surface area contributed by atoms with Gasteiger partial charge in [0.25, 0.3) is 0 Å². The number of nitrogens with zero attached hydrogens (tertiary/aromatic N) is 2. The van der Waals surface area contributed by atoms with Gasteiger partial charge in [-0.3, -0.25) is 9.80 Å². The van der Waals surface area contributed by atoms with Gasteiger partial charge in [-0.2, -0.15) is 0 Å². The Hall–Kier alpha value is -0.0800. The van der Waals surface area contributed by atoms with E-state index in [9.17, 15) is 0 Å². The summed E-state index contributed by atoms with van der Waals surface area (Å²) in [5.74, 6) is 0. The van der Waals surface area contributed by atoms with Crippen LogP contribution in [0.15, 0.2) is 0 Å². The maximum absolute atomic E-state index is 2.80. The third kappa shape index (κ3) is 1.02. The SMILES string of the molecule is CC1N2CCCC3(CCCCN13)C2. The van der Waals surface area contributed by atoms with Gasteiger partial charge in [0.05, 0.1) is 6.17 Å². The summed E-state index contributed by atoms with van der Waals surface area (Å²) in [4.78, 5) is 5.48. The van der Waals surface area contributed by atoms with Gasteiger partial charge >= 0.3 is 0 Å². The normalized spacial score (nSPS) is 50.5. The molecular formula is C11H20N2. The minimum atomic E-state index is 0.621. The number of hydrogen-bond donors (Lipinski definition) is 0. The molecule has 3 rings (SSSR count). The number of piperidine rings is 2. The van der Waals surface area contributed by atoms with Crippen LogP contribution in [0.5, 0.6) is 0 Å². The van der Waals surface area contributed by atoms with E-state index < -0.39 is 0 Å². The Labute approximate surface area is 80.9 Å². The standard InChI is InChI=1S/C11H20N2/c1-10-12-7-4-6-11(9-12)5-2-3-8-13(10)11/h10H,2-9H2,1H3. The maximum Gasteiger partial charge on any atom is 0.0599 e. The zero-order valence-corrected chi connectivity index (χ0v) is 8.63. The Morgan fingerprint density at radius 3 is 2.85 bits per heavy atom. The third-order valence-electron chi connectivity index (χ3n) is 4.46. The highest BCUT2D eigenvalue weighted by molar-refractivity contribution is 5.05. The molecule has 3 aliphatic rings. The fourth-order valence-corrected chi connectivity index (χ4v) is 3.80. The van der Waals surface area contributed by atoms with E-state index in [2.05, 4.69) is 16.7 Å². The Kier molecular flexibility index (Phi) is 1.72. The molecule has 0 radical (unpaired) electrons. The largest absolute Gasteiger partial charge is 0.286 e. The summed E-state index contributed by atoms with van der Waals surface area (Å²) < 4.78 is 0. The van der Waals surface area contributed by atoms with E-state index in [4.69, 9.17) is 0 Å². The monoisotopic (exact) mass is 180 g/mol. The number of rotatable bonds is 0. The van der Waals surface area contributed by atoms with Gasteiger partial charge < -0.3 is 0 Å². The molecule has 2 heteroatoms. The molecule has 3 heterocycles. The third-order valence-corrected chi connectivity index (χ3v) is 4.46. The average molecular weight is 180 g/mol. The van der Waals surface area contributed by atoms with Crippen molar-refractivity contribution in [1.82, 2.24) is 9.80 Å². The molecule has 0 aromatic rings. The lowest BCUT2D eigenvalue weighted by Gasteiger charge is -2.43. The first-order chi connectivity index (χ1) is 6.32. The lowest BCUT2D eigenvalue weighted by molar-refractivity contribution is 0.0632. The van der Waals surface area contributed by atoms with Crippen molar-refractivity contribution in [3.05, 3.63) is 0 Å². The maximum atomic E-state index is 2.80. The van der Waals surface area contributed by atoms with Crippen molar-refractivity contribution < 1.29 is 0 Å². The molecule has 0 aromatic heterocycles. The van der Waals surface area contributed by atoms with E-state index in [1.54, 1.807) is 0 Å². The summed E-state index contributed by atoms with van der Waals surface area (Å²) in [5.41, 5.74) is 0.621.